The second kappa shape index (κ2) is 6.78. The fraction of sp³-hybridized carbons (Fsp3) is 0.267. The van der Waals surface area contributed by atoms with E-state index in [1.807, 2.05) is 31.3 Å². The number of rotatable bonds is 4. The number of thiophene rings is 1. The van der Waals surface area contributed by atoms with Crippen molar-refractivity contribution in [1.82, 2.24) is 4.90 Å². The highest BCUT2D eigenvalue weighted by atomic mass is 79.9. The van der Waals surface area contributed by atoms with Crippen molar-refractivity contribution in [3.05, 3.63) is 50.6 Å². The standard InChI is InChI=1S/C15H16BrNOS2/c1-10(8-12-4-3-7-20-12)17(2)15(18)13-6-5-11(16)9-14(13)19/h3-7,9-10,19H,8H2,1-2H3. The average Bonchev–Trinajstić information content (AvgIpc) is 2.90. The summed E-state index contributed by atoms with van der Waals surface area (Å²) in [4.78, 5) is 16.3. The van der Waals surface area contributed by atoms with Gasteiger partial charge in [-0.2, -0.15) is 0 Å². The van der Waals surface area contributed by atoms with Gasteiger partial charge in [-0.25, -0.2) is 0 Å². The van der Waals surface area contributed by atoms with Gasteiger partial charge in [0.2, 0.25) is 0 Å². The predicted octanol–water partition coefficient (Wildman–Crippen LogP) is 4.50. The van der Waals surface area contributed by atoms with Crippen LogP contribution in [0.1, 0.15) is 22.2 Å². The Bertz CT molecular complexity index is 598. The van der Waals surface area contributed by atoms with Crippen LogP contribution in [0.15, 0.2) is 45.1 Å². The van der Waals surface area contributed by atoms with Gasteiger partial charge in [0.25, 0.3) is 5.91 Å². The Morgan fingerprint density at radius 2 is 2.20 bits per heavy atom. The lowest BCUT2D eigenvalue weighted by Crippen LogP contribution is -2.36. The molecule has 20 heavy (non-hydrogen) atoms. The first kappa shape index (κ1) is 15.6. The summed E-state index contributed by atoms with van der Waals surface area (Å²) in [5.41, 5.74) is 0.636. The van der Waals surface area contributed by atoms with Crippen molar-refractivity contribution in [2.24, 2.45) is 0 Å². The van der Waals surface area contributed by atoms with Gasteiger partial charge >= 0.3 is 0 Å². The van der Waals surface area contributed by atoms with Crippen molar-refractivity contribution in [2.45, 2.75) is 24.3 Å². The van der Waals surface area contributed by atoms with Crippen molar-refractivity contribution >= 4 is 45.8 Å². The first-order valence-electron chi connectivity index (χ1n) is 6.27. The van der Waals surface area contributed by atoms with Gasteiger partial charge in [0.15, 0.2) is 0 Å². The van der Waals surface area contributed by atoms with Gasteiger partial charge in [0.05, 0.1) is 5.56 Å². The molecule has 1 atom stereocenters. The van der Waals surface area contributed by atoms with Gasteiger partial charge in [-0.15, -0.1) is 24.0 Å². The Kier molecular flexibility index (Phi) is 5.29. The van der Waals surface area contributed by atoms with Crippen molar-refractivity contribution < 1.29 is 4.79 Å². The van der Waals surface area contributed by atoms with E-state index in [2.05, 4.69) is 46.9 Å². The highest BCUT2D eigenvalue weighted by Crippen LogP contribution is 2.22. The molecule has 106 valence electrons. The van der Waals surface area contributed by atoms with Crippen LogP contribution in [-0.4, -0.2) is 23.9 Å². The first-order valence-corrected chi connectivity index (χ1v) is 8.39. The normalized spacial score (nSPS) is 12.2. The average molecular weight is 370 g/mol. The predicted molar refractivity (Wildman–Crippen MR) is 91.0 cm³/mol. The Morgan fingerprint density at radius 1 is 1.45 bits per heavy atom. The topological polar surface area (TPSA) is 20.3 Å². The molecule has 0 aliphatic rings. The summed E-state index contributed by atoms with van der Waals surface area (Å²) in [6.45, 7) is 2.06. The van der Waals surface area contributed by atoms with E-state index in [-0.39, 0.29) is 11.9 Å². The molecule has 2 aromatic rings. The Hall–Kier alpha value is -0.780. The minimum atomic E-state index is 0.00607. The third kappa shape index (κ3) is 3.65. The van der Waals surface area contributed by atoms with Gasteiger partial charge in [-0.05, 0) is 36.6 Å². The third-order valence-electron chi connectivity index (χ3n) is 3.25. The maximum absolute atomic E-state index is 12.5. The largest absolute Gasteiger partial charge is 0.339 e. The van der Waals surface area contributed by atoms with E-state index in [1.54, 1.807) is 16.2 Å². The molecule has 1 unspecified atom stereocenters. The number of carbonyl (C=O) groups is 1. The van der Waals surface area contributed by atoms with E-state index in [0.717, 1.165) is 10.9 Å². The van der Waals surface area contributed by atoms with E-state index in [1.165, 1.54) is 4.88 Å². The third-order valence-corrected chi connectivity index (χ3v) is 5.01. The number of hydrogen-bond donors (Lipinski definition) is 1. The molecule has 2 rings (SSSR count). The number of benzene rings is 1. The summed E-state index contributed by atoms with van der Waals surface area (Å²) in [6.07, 6.45) is 0.873. The number of carbonyl (C=O) groups excluding carboxylic acids is 1. The molecule has 0 spiro atoms. The first-order chi connectivity index (χ1) is 9.49. The fourth-order valence-corrected chi connectivity index (χ4v) is 3.61. The summed E-state index contributed by atoms with van der Waals surface area (Å²) in [7, 11) is 1.84. The molecular formula is C15H16BrNOS2. The number of thiol groups is 1. The van der Waals surface area contributed by atoms with E-state index in [9.17, 15) is 4.79 Å². The molecule has 2 nitrogen and oxygen atoms in total. The highest BCUT2D eigenvalue weighted by molar-refractivity contribution is 9.10. The molecule has 1 aromatic carbocycles. The van der Waals surface area contributed by atoms with Crippen LogP contribution in [0, 0.1) is 0 Å². The molecule has 0 radical (unpaired) electrons. The summed E-state index contributed by atoms with van der Waals surface area (Å²) in [5.74, 6) is 0.00607. The summed E-state index contributed by atoms with van der Waals surface area (Å²) < 4.78 is 0.924. The van der Waals surface area contributed by atoms with Crippen molar-refractivity contribution in [1.29, 1.82) is 0 Å². The summed E-state index contributed by atoms with van der Waals surface area (Å²) in [5, 5.41) is 2.06. The quantitative estimate of drug-likeness (QED) is 0.786. The van der Waals surface area contributed by atoms with Crippen LogP contribution in [0.4, 0.5) is 0 Å². The maximum atomic E-state index is 12.5. The summed E-state index contributed by atoms with van der Waals surface area (Å²) in [6, 6.07) is 9.80. The lowest BCUT2D eigenvalue weighted by molar-refractivity contribution is 0.0740. The smallest absolute Gasteiger partial charge is 0.254 e. The van der Waals surface area contributed by atoms with Crippen LogP contribution in [0.25, 0.3) is 0 Å². The molecule has 1 aromatic heterocycles. The zero-order valence-corrected chi connectivity index (χ0v) is 14.6. The molecule has 0 fully saturated rings. The Labute approximate surface area is 137 Å². The Morgan fingerprint density at radius 3 is 2.80 bits per heavy atom. The molecule has 0 bridgehead atoms. The molecule has 0 aliphatic heterocycles. The zero-order valence-electron chi connectivity index (χ0n) is 11.3. The van der Waals surface area contributed by atoms with Crippen LogP contribution >= 0.6 is 39.9 Å². The number of nitrogens with zero attached hydrogens (tertiary/aromatic N) is 1. The molecule has 0 N–H and O–H groups in total. The maximum Gasteiger partial charge on any atom is 0.254 e. The van der Waals surface area contributed by atoms with Gasteiger partial charge in [-0.3, -0.25) is 4.79 Å². The molecule has 1 heterocycles. The number of amides is 1. The minimum Gasteiger partial charge on any atom is -0.339 e. The van der Waals surface area contributed by atoms with E-state index >= 15 is 0 Å². The molecule has 1 amide bonds. The number of likely N-dealkylation sites (N-methyl/N-ethyl adjacent to an activating group) is 1. The number of halogens is 1. The van der Waals surface area contributed by atoms with Gasteiger partial charge in [0, 0.05) is 33.8 Å². The second-order valence-electron chi connectivity index (χ2n) is 4.71. The minimum absolute atomic E-state index is 0.00607. The summed E-state index contributed by atoms with van der Waals surface area (Å²) >= 11 is 9.48. The van der Waals surface area contributed by atoms with Crippen LogP contribution in [-0.2, 0) is 6.42 Å². The zero-order chi connectivity index (χ0) is 14.7. The van der Waals surface area contributed by atoms with Gasteiger partial charge in [0.1, 0.15) is 0 Å². The van der Waals surface area contributed by atoms with E-state index in [4.69, 9.17) is 0 Å². The fourth-order valence-electron chi connectivity index (χ4n) is 1.93. The second-order valence-corrected chi connectivity index (χ2v) is 7.14. The van der Waals surface area contributed by atoms with Crippen LogP contribution in [0.2, 0.25) is 0 Å². The highest BCUT2D eigenvalue weighted by Gasteiger charge is 2.19. The van der Waals surface area contributed by atoms with Crippen molar-refractivity contribution in [2.75, 3.05) is 7.05 Å². The molecule has 0 aliphatic carbocycles. The monoisotopic (exact) mass is 369 g/mol. The SMILES string of the molecule is CC(Cc1cccs1)N(C)C(=O)c1ccc(Br)cc1S. The Balaban J connectivity index is 2.11. The van der Waals surface area contributed by atoms with Crippen LogP contribution in [0.5, 0.6) is 0 Å². The van der Waals surface area contributed by atoms with Gasteiger partial charge in [-0.1, -0.05) is 22.0 Å². The molecule has 0 saturated heterocycles. The lowest BCUT2D eigenvalue weighted by Gasteiger charge is -2.25. The van der Waals surface area contributed by atoms with Crippen molar-refractivity contribution in [3.63, 3.8) is 0 Å². The number of hydrogen-bond acceptors (Lipinski definition) is 3. The van der Waals surface area contributed by atoms with Crippen LogP contribution < -0.4 is 0 Å². The molecule has 0 saturated carbocycles. The van der Waals surface area contributed by atoms with E-state index < -0.39 is 0 Å². The van der Waals surface area contributed by atoms with Gasteiger partial charge < -0.3 is 4.90 Å². The molecule has 5 heteroatoms. The molecular weight excluding hydrogens is 354 g/mol. The van der Waals surface area contributed by atoms with E-state index in [0.29, 0.717) is 10.5 Å². The van der Waals surface area contributed by atoms with Crippen LogP contribution in [0.3, 0.4) is 0 Å². The lowest BCUT2D eigenvalue weighted by atomic mass is 10.1. The van der Waals surface area contributed by atoms with Crippen molar-refractivity contribution in [3.8, 4) is 0 Å².